The van der Waals surface area contributed by atoms with Gasteiger partial charge in [-0.25, -0.2) is 9.67 Å². The van der Waals surface area contributed by atoms with Gasteiger partial charge < -0.3 is 11.1 Å². The Morgan fingerprint density at radius 1 is 0.902 bits per heavy atom. The van der Waals surface area contributed by atoms with Crippen LogP contribution in [0.1, 0.15) is 44.7 Å². The summed E-state index contributed by atoms with van der Waals surface area (Å²) in [7, 11) is 0. The van der Waals surface area contributed by atoms with Crippen molar-refractivity contribution in [2.45, 2.75) is 25.8 Å². The van der Waals surface area contributed by atoms with Gasteiger partial charge in [0.15, 0.2) is 0 Å². The maximum atomic E-state index is 13.2. The highest BCUT2D eigenvalue weighted by atomic mass is 19.4. The molecule has 2 heterocycles. The quantitative estimate of drug-likeness (QED) is 0.203. The summed E-state index contributed by atoms with van der Waals surface area (Å²) >= 11 is 0. The molecule has 4 aromatic rings. The molecule has 2 aromatic carbocycles. The lowest BCUT2D eigenvalue weighted by atomic mass is 10.0. The molecule has 0 fully saturated rings. The van der Waals surface area contributed by atoms with E-state index >= 15 is 0 Å². The Bertz CT molecular complexity index is 1650. The lowest BCUT2D eigenvalue weighted by Gasteiger charge is -2.15. The number of aryl methyl sites for hydroxylation is 1. The highest BCUT2D eigenvalue weighted by Crippen LogP contribution is 2.37. The number of rotatable bonds is 4. The summed E-state index contributed by atoms with van der Waals surface area (Å²) in [6.45, 7) is -1.18. The van der Waals surface area contributed by atoms with Crippen LogP contribution in [0.3, 0.4) is 0 Å². The summed E-state index contributed by atoms with van der Waals surface area (Å²) < 4.78 is 105. The average Bonchev–Trinajstić information content (AvgIpc) is 3.39. The van der Waals surface area contributed by atoms with Crippen molar-refractivity contribution < 1.29 is 39.9 Å². The Labute approximate surface area is 226 Å². The van der Waals surface area contributed by atoms with E-state index in [4.69, 9.17) is 5.73 Å². The minimum atomic E-state index is -5.08. The van der Waals surface area contributed by atoms with Gasteiger partial charge >= 0.3 is 18.9 Å². The molecule has 0 aliphatic rings. The van der Waals surface area contributed by atoms with E-state index in [-0.39, 0.29) is 23.0 Å². The molecule has 0 bridgehead atoms. The molecule has 3 N–H and O–H groups in total. The first-order valence-corrected chi connectivity index (χ1v) is 11.4. The molecule has 0 atom stereocenters. The van der Waals surface area contributed by atoms with Crippen LogP contribution in [0.25, 0.3) is 11.1 Å². The maximum absolute atomic E-state index is 13.2. The molecule has 0 unspecified atom stereocenters. The van der Waals surface area contributed by atoms with Gasteiger partial charge in [0, 0.05) is 40.3 Å². The number of carbonyl (C=O) groups excluding carboxylic acids is 1. The first-order valence-electron chi connectivity index (χ1n) is 11.4. The van der Waals surface area contributed by atoms with Crippen LogP contribution in [0.4, 0.5) is 46.6 Å². The summed E-state index contributed by atoms with van der Waals surface area (Å²) in [6.07, 6.45) is -6.48. The fourth-order valence-electron chi connectivity index (χ4n) is 3.59. The van der Waals surface area contributed by atoms with Gasteiger partial charge in [0.2, 0.25) is 0 Å². The SMILES string of the molecule is Cc1ccc(C(=O)Nc2cc(C(F)(F)F)cc(C(F)(F)F)c2)cc1C#Cc1cc(-c2cnn(C(F)F)c2)cnc1N. The molecule has 6 nitrogen and oxygen atoms in total. The van der Waals surface area contributed by atoms with Crippen LogP contribution in [0.2, 0.25) is 0 Å². The fourth-order valence-corrected chi connectivity index (χ4v) is 3.59. The Hall–Kier alpha value is -4.93. The number of halogens is 8. The van der Waals surface area contributed by atoms with Crippen molar-refractivity contribution in [1.82, 2.24) is 14.8 Å². The summed E-state index contributed by atoms with van der Waals surface area (Å²) in [5.74, 6) is 4.63. The second kappa shape index (κ2) is 10.9. The molecule has 14 heteroatoms. The number of amides is 1. The van der Waals surface area contributed by atoms with Gasteiger partial charge in [-0.05, 0) is 48.9 Å². The molecule has 0 spiro atoms. The summed E-state index contributed by atoms with van der Waals surface area (Å²) in [6, 6.07) is 6.37. The number of benzene rings is 2. The van der Waals surface area contributed by atoms with Crippen LogP contribution in [0, 0.1) is 18.8 Å². The summed E-state index contributed by atoms with van der Waals surface area (Å²) in [4.78, 5) is 16.8. The van der Waals surface area contributed by atoms with Crippen LogP contribution < -0.4 is 11.1 Å². The minimum absolute atomic E-state index is 0.0269. The van der Waals surface area contributed by atoms with Gasteiger partial charge in [-0.15, -0.1) is 0 Å². The van der Waals surface area contributed by atoms with Crippen molar-refractivity contribution in [2.75, 3.05) is 11.1 Å². The number of nitrogen functional groups attached to an aromatic ring is 1. The third-order valence-corrected chi connectivity index (χ3v) is 5.73. The second-order valence-corrected chi connectivity index (χ2v) is 8.67. The molecule has 4 rings (SSSR count). The van der Waals surface area contributed by atoms with Gasteiger partial charge in [-0.2, -0.15) is 40.2 Å². The number of hydrogen-bond acceptors (Lipinski definition) is 4. The predicted molar refractivity (Wildman–Crippen MR) is 133 cm³/mol. The highest BCUT2D eigenvalue weighted by molar-refractivity contribution is 6.04. The van der Waals surface area contributed by atoms with E-state index < -0.39 is 41.6 Å². The van der Waals surface area contributed by atoms with Crippen molar-refractivity contribution in [3.63, 3.8) is 0 Å². The Morgan fingerprint density at radius 2 is 1.54 bits per heavy atom. The zero-order valence-corrected chi connectivity index (χ0v) is 20.7. The van der Waals surface area contributed by atoms with Crippen LogP contribution >= 0.6 is 0 Å². The first kappa shape index (κ1) is 29.1. The van der Waals surface area contributed by atoms with Crippen molar-refractivity contribution >= 4 is 17.4 Å². The zero-order chi connectivity index (χ0) is 30.1. The lowest BCUT2D eigenvalue weighted by molar-refractivity contribution is -0.143. The van der Waals surface area contributed by atoms with E-state index in [1.54, 1.807) is 6.92 Å². The summed E-state index contributed by atoms with van der Waals surface area (Å²) in [5.41, 5.74) is 3.80. The molecule has 0 saturated heterocycles. The number of nitrogens with two attached hydrogens (primary N) is 1. The molecule has 0 aliphatic heterocycles. The zero-order valence-electron chi connectivity index (χ0n) is 20.7. The van der Waals surface area contributed by atoms with E-state index in [1.165, 1.54) is 36.7 Å². The van der Waals surface area contributed by atoms with Crippen LogP contribution in [0.15, 0.2) is 61.1 Å². The number of nitrogens with one attached hydrogen (secondary N) is 1. The van der Waals surface area contributed by atoms with E-state index in [0.29, 0.717) is 39.1 Å². The summed E-state index contributed by atoms with van der Waals surface area (Å²) in [5, 5.41) is 5.63. The van der Waals surface area contributed by atoms with E-state index in [0.717, 1.165) is 6.20 Å². The minimum Gasteiger partial charge on any atom is -0.383 e. The van der Waals surface area contributed by atoms with Crippen molar-refractivity contribution in [2.24, 2.45) is 0 Å². The number of alkyl halides is 8. The third-order valence-electron chi connectivity index (χ3n) is 5.73. The first-order chi connectivity index (χ1) is 19.1. The average molecular weight is 579 g/mol. The molecule has 2 aromatic heterocycles. The maximum Gasteiger partial charge on any atom is 0.416 e. The molecule has 0 radical (unpaired) electrons. The Morgan fingerprint density at radius 3 is 2.12 bits per heavy atom. The van der Waals surface area contributed by atoms with Crippen LogP contribution in [-0.4, -0.2) is 20.7 Å². The van der Waals surface area contributed by atoms with Gasteiger partial charge in [-0.1, -0.05) is 17.9 Å². The Kier molecular flexibility index (Phi) is 7.74. The van der Waals surface area contributed by atoms with Gasteiger partial charge in [0.1, 0.15) is 5.82 Å². The number of carbonyl (C=O) groups is 1. The van der Waals surface area contributed by atoms with Crippen molar-refractivity contribution in [3.05, 3.63) is 94.4 Å². The van der Waals surface area contributed by atoms with Crippen molar-refractivity contribution in [1.29, 1.82) is 0 Å². The molecular weight excluding hydrogens is 562 g/mol. The lowest BCUT2D eigenvalue weighted by Crippen LogP contribution is -2.16. The van der Waals surface area contributed by atoms with E-state index in [2.05, 4.69) is 27.2 Å². The molecular formula is C27H17F8N5O. The van der Waals surface area contributed by atoms with Crippen LogP contribution in [-0.2, 0) is 12.4 Å². The van der Waals surface area contributed by atoms with Crippen molar-refractivity contribution in [3.8, 4) is 23.0 Å². The predicted octanol–water partition coefficient (Wildman–Crippen LogP) is 6.92. The number of nitrogens with zero attached hydrogens (tertiary/aromatic N) is 3. The molecule has 1 amide bonds. The second-order valence-electron chi connectivity index (χ2n) is 8.67. The Balaban J connectivity index is 1.63. The van der Waals surface area contributed by atoms with Gasteiger partial charge in [0.05, 0.1) is 22.9 Å². The topological polar surface area (TPSA) is 85.8 Å². The monoisotopic (exact) mass is 579 g/mol. The number of pyridine rings is 1. The van der Waals surface area contributed by atoms with Gasteiger partial charge in [0.25, 0.3) is 5.91 Å². The third kappa shape index (κ3) is 6.81. The molecule has 212 valence electrons. The molecule has 0 aliphatic carbocycles. The molecule has 0 saturated carbocycles. The van der Waals surface area contributed by atoms with E-state index in [9.17, 15) is 39.9 Å². The smallest absolute Gasteiger partial charge is 0.383 e. The highest BCUT2D eigenvalue weighted by Gasteiger charge is 2.37. The van der Waals surface area contributed by atoms with Gasteiger partial charge in [-0.3, -0.25) is 4.79 Å². The van der Waals surface area contributed by atoms with Crippen LogP contribution in [0.5, 0.6) is 0 Å². The number of hydrogen-bond donors (Lipinski definition) is 2. The largest absolute Gasteiger partial charge is 0.416 e. The standard InChI is InChI=1S/C27H17F8N5O/c1-14-2-3-17(24(41)39-22-9-20(26(30,31)32)8-21(10-22)27(33,34)35)6-15(14)4-5-16-7-18(11-37-23(16)36)19-12-38-40(13-19)25(28)29/h2-3,6-13,25H,1H3,(H2,36,37)(H,39,41). The molecule has 41 heavy (non-hydrogen) atoms. The number of anilines is 2. The fraction of sp³-hybridized carbons (Fsp3) is 0.148. The number of aromatic nitrogens is 3. The van der Waals surface area contributed by atoms with E-state index in [1.807, 2.05) is 0 Å². The normalized spacial score (nSPS) is 11.8.